The van der Waals surface area contributed by atoms with Gasteiger partial charge in [0.1, 0.15) is 0 Å². The smallest absolute Gasteiger partial charge is 0.106 e. The highest BCUT2D eigenvalue weighted by Gasteiger charge is 2.23. The van der Waals surface area contributed by atoms with Crippen molar-refractivity contribution in [1.82, 2.24) is 4.52 Å². The van der Waals surface area contributed by atoms with Crippen molar-refractivity contribution in [2.45, 2.75) is 0 Å². The molecule has 0 atom stereocenters. The fraction of sp³-hybridized carbons (Fsp3) is 0. The van der Waals surface area contributed by atoms with E-state index in [9.17, 15) is 8.42 Å². The Morgan fingerprint density at radius 2 is 2.14 bits per heavy atom. The molecule has 0 saturated heterocycles. The zero-order chi connectivity index (χ0) is 5.91. The summed E-state index contributed by atoms with van der Waals surface area (Å²) in [5.74, 6) is 0. The number of sulfonamides is 1. The number of hydrogen-bond donors (Lipinski definition) is 0. The van der Waals surface area contributed by atoms with E-state index >= 15 is 0 Å². The Morgan fingerprint density at radius 1 is 1.71 bits per heavy atom. The summed E-state index contributed by atoms with van der Waals surface area (Å²) in [7, 11) is -3.71. The number of nitrogens with zero attached hydrogens (tertiary/aromatic N) is 2. The van der Waals surface area contributed by atoms with Crippen molar-refractivity contribution in [3.63, 3.8) is 0 Å². The molecule has 0 aliphatic heterocycles. The highest BCUT2D eigenvalue weighted by Crippen LogP contribution is 1.77. The molecule has 0 heterocycles. The topological polar surface area (TPSA) is 70.5 Å². The van der Waals surface area contributed by atoms with Crippen LogP contribution in [0.4, 0.5) is 0 Å². The first-order chi connectivity index (χ1) is 3.12. The summed E-state index contributed by atoms with van der Waals surface area (Å²) in [6, 6.07) is 0. The van der Waals surface area contributed by atoms with Gasteiger partial charge in [-0.05, 0) is 0 Å². The van der Waals surface area contributed by atoms with Gasteiger partial charge in [-0.25, -0.2) is 0 Å². The van der Waals surface area contributed by atoms with Crippen LogP contribution in [0.3, 0.4) is 0 Å². The molecule has 7 heavy (non-hydrogen) atoms. The van der Waals surface area contributed by atoms with Crippen LogP contribution < -0.4 is 4.52 Å². The fourth-order valence-electron chi connectivity index (χ4n) is 0.0333. The monoisotopic (exact) mass is 119 g/mol. The minimum Gasteiger partial charge on any atom is -0.106 e. The summed E-state index contributed by atoms with van der Waals surface area (Å²) < 4.78 is 21.7. The van der Waals surface area contributed by atoms with E-state index in [0.717, 1.165) is 0 Å². The van der Waals surface area contributed by atoms with Crippen molar-refractivity contribution in [1.29, 1.82) is 0 Å². The zero-order valence-corrected chi connectivity index (χ0v) is 4.22. The van der Waals surface area contributed by atoms with Crippen molar-refractivity contribution < 1.29 is 8.42 Å². The van der Waals surface area contributed by atoms with Gasteiger partial charge in [-0.3, -0.25) is 0 Å². The minimum absolute atomic E-state index is 0.549. The van der Waals surface area contributed by atoms with Gasteiger partial charge in [0.2, 0.25) is 0 Å². The van der Waals surface area contributed by atoms with Crippen LogP contribution in [-0.4, -0.2) is 8.42 Å². The average molecular weight is 119 g/mol. The highest BCUT2D eigenvalue weighted by atomic mass is 32.2. The Labute approximate surface area is 41.4 Å². The van der Waals surface area contributed by atoms with Gasteiger partial charge in [0.05, 0.1) is 0 Å². The molecular formula is C2H3N2O2S+. The molecule has 0 saturated carbocycles. The van der Waals surface area contributed by atoms with Crippen LogP contribution in [0.2, 0.25) is 0 Å². The Balaban J connectivity index is 4.49. The largest absolute Gasteiger partial charge is 0.672 e. The van der Waals surface area contributed by atoms with E-state index in [0.29, 0.717) is 5.41 Å². The van der Waals surface area contributed by atoms with E-state index in [1.807, 2.05) is 4.52 Å². The van der Waals surface area contributed by atoms with Gasteiger partial charge in [-0.1, -0.05) is 12.1 Å². The molecule has 0 aliphatic carbocycles. The third kappa shape index (κ3) is 1.97. The van der Waals surface area contributed by atoms with E-state index < -0.39 is 10.0 Å². The molecule has 5 heteroatoms. The van der Waals surface area contributed by atoms with Crippen LogP contribution in [0, 0.1) is 0 Å². The molecule has 0 aromatic heterocycles. The normalized spacial score (nSPS) is 9.71. The fourth-order valence-corrected chi connectivity index (χ4v) is 0.100. The van der Waals surface area contributed by atoms with Crippen molar-refractivity contribution in [2.24, 2.45) is 0 Å². The van der Waals surface area contributed by atoms with E-state index in [1.165, 1.54) is 0 Å². The van der Waals surface area contributed by atoms with Crippen LogP contribution in [0.5, 0.6) is 0 Å². The second-order valence-electron chi connectivity index (χ2n) is 0.763. The maximum atomic E-state index is 9.83. The van der Waals surface area contributed by atoms with Crippen LogP contribution in [-0.2, 0) is 10.0 Å². The molecular weight excluding hydrogens is 116 g/mol. The van der Waals surface area contributed by atoms with Crippen LogP contribution in [0.1, 0.15) is 0 Å². The lowest BCUT2D eigenvalue weighted by atomic mass is 11.3. The van der Waals surface area contributed by atoms with E-state index in [1.54, 1.807) is 0 Å². The standard InChI is InChI=1S/C2H3N2O2S/c1-2-7(5,6)4-3/h2H,1H2/q+1. The van der Waals surface area contributed by atoms with Crippen molar-refractivity contribution in [3.05, 3.63) is 17.5 Å². The van der Waals surface area contributed by atoms with E-state index in [-0.39, 0.29) is 0 Å². The Kier molecular flexibility index (Phi) is 1.57. The van der Waals surface area contributed by atoms with Gasteiger partial charge in [0.15, 0.2) is 5.41 Å². The summed E-state index contributed by atoms with van der Waals surface area (Å²) in [6.45, 7) is 2.86. The van der Waals surface area contributed by atoms with Gasteiger partial charge in [0.25, 0.3) is 0 Å². The summed E-state index contributed by atoms with van der Waals surface area (Å²) >= 11 is 0. The molecule has 0 aromatic rings. The van der Waals surface area contributed by atoms with Gasteiger partial charge in [-0.2, -0.15) is 0 Å². The predicted molar refractivity (Wildman–Crippen MR) is 24.6 cm³/mol. The number of rotatable bonds is 2. The molecule has 0 unspecified atom stereocenters. The summed E-state index contributed by atoms with van der Waals surface area (Å²) in [5.41, 5.74) is 7.56. The second-order valence-corrected chi connectivity index (χ2v) is 2.29. The molecule has 38 valence electrons. The lowest BCUT2D eigenvalue weighted by molar-refractivity contribution is 0.602. The van der Waals surface area contributed by atoms with Crippen LogP contribution in [0.25, 0.3) is 5.53 Å². The first kappa shape index (κ1) is 6.20. The van der Waals surface area contributed by atoms with Gasteiger partial charge < -0.3 is 0 Å². The Morgan fingerprint density at radius 3 is 2.14 bits per heavy atom. The van der Waals surface area contributed by atoms with Crippen molar-refractivity contribution in [3.8, 4) is 0 Å². The molecule has 0 N–H and O–H groups in total. The second kappa shape index (κ2) is 1.77. The molecule has 0 rings (SSSR count). The van der Waals surface area contributed by atoms with E-state index in [2.05, 4.69) is 6.58 Å². The minimum atomic E-state index is -3.71. The molecule has 0 fully saturated rings. The summed E-state index contributed by atoms with van der Waals surface area (Å²) in [5, 5.41) is 0.549. The quantitative estimate of drug-likeness (QED) is 0.473. The van der Waals surface area contributed by atoms with Crippen molar-refractivity contribution in [2.75, 3.05) is 0 Å². The maximum absolute atomic E-state index is 9.83. The maximum Gasteiger partial charge on any atom is 0.672 e. The molecule has 0 bridgehead atoms. The Hall–Kier alpha value is -0.800. The zero-order valence-electron chi connectivity index (χ0n) is 3.40. The first-order valence-electron chi connectivity index (χ1n) is 1.36. The highest BCUT2D eigenvalue weighted by molar-refractivity contribution is 7.92. The SMILES string of the molecule is C=CS(=O)(=O)[N+2]=[N-]. The molecule has 4 nitrogen and oxygen atoms in total. The summed E-state index contributed by atoms with van der Waals surface area (Å²) in [6.07, 6.45) is 0. The third-order valence-electron chi connectivity index (χ3n) is 0.324. The van der Waals surface area contributed by atoms with Crippen LogP contribution >= 0.6 is 0 Å². The van der Waals surface area contributed by atoms with Gasteiger partial charge in [0, 0.05) is 0 Å². The first-order valence-corrected chi connectivity index (χ1v) is 2.86. The molecule has 0 radical (unpaired) electrons. The molecule has 0 amide bonds. The van der Waals surface area contributed by atoms with E-state index in [4.69, 9.17) is 5.53 Å². The lowest BCUT2D eigenvalue weighted by Crippen LogP contribution is -1.95. The molecule has 0 aliphatic rings. The molecule has 0 spiro atoms. The Bertz CT molecular complexity index is 154. The van der Waals surface area contributed by atoms with Gasteiger partial charge in [-0.15, -0.1) is 8.42 Å². The van der Waals surface area contributed by atoms with Crippen LogP contribution in [0.15, 0.2) is 12.0 Å². The molecule has 0 aromatic carbocycles. The third-order valence-corrected chi connectivity index (χ3v) is 0.973. The number of hydrogen-bond acceptors (Lipinski definition) is 2. The summed E-state index contributed by atoms with van der Waals surface area (Å²) in [4.78, 5) is 0. The van der Waals surface area contributed by atoms with Gasteiger partial charge >= 0.3 is 14.5 Å². The average Bonchev–Trinajstić information content (AvgIpc) is 1.68. The lowest BCUT2D eigenvalue weighted by Gasteiger charge is -1.49. The van der Waals surface area contributed by atoms with Crippen molar-refractivity contribution >= 4 is 10.0 Å². The predicted octanol–water partition coefficient (Wildman–Crippen LogP) is -0.183.